The lowest BCUT2D eigenvalue weighted by atomic mass is 10.0. The monoisotopic (exact) mass is 516 g/mol. The number of hydrogen-bond donors (Lipinski definition) is 2. The first kappa shape index (κ1) is 26.5. The molecule has 196 valence electrons. The molecule has 1 aromatic carbocycles. The number of carbonyl (C=O) groups is 3. The summed E-state index contributed by atoms with van der Waals surface area (Å²) < 4.78 is 10.3. The number of amides is 2. The minimum atomic E-state index is -0.475. The minimum Gasteiger partial charge on any atom is -0.449 e. The van der Waals surface area contributed by atoms with Gasteiger partial charge in [-0.05, 0) is 31.9 Å². The number of rotatable bonds is 9. The largest absolute Gasteiger partial charge is 0.449 e. The van der Waals surface area contributed by atoms with Gasteiger partial charge in [0.25, 0.3) is 5.91 Å². The number of benzene rings is 1. The van der Waals surface area contributed by atoms with Crippen LogP contribution in [0.1, 0.15) is 51.7 Å². The van der Waals surface area contributed by atoms with Crippen LogP contribution in [0.5, 0.6) is 0 Å². The average Bonchev–Trinajstić information content (AvgIpc) is 3.11. The number of nitrogens with one attached hydrogen (secondary N) is 2. The fourth-order valence-electron chi connectivity index (χ4n) is 4.24. The Morgan fingerprint density at radius 1 is 1.34 bits per heavy atom. The van der Waals surface area contributed by atoms with E-state index in [1.165, 1.54) is 6.20 Å². The van der Waals surface area contributed by atoms with Crippen LogP contribution in [0, 0.1) is 11.3 Å². The molecule has 1 atom stereocenters. The molecule has 38 heavy (non-hydrogen) atoms. The summed E-state index contributed by atoms with van der Waals surface area (Å²) in [5, 5.41) is 16.0. The third kappa shape index (κ3) is 6.04. The van der Waals surface area contributed by atoms with E-state index in [9.17, 15) is 19.6 Å². The van der Waals surface area contributed by atoms with E-state index in [4.69, 9.17) is 9.47 Å². The minimum absolute atomic E-state index is 0.0764. The molecule has 1 aliphatic heterocycles. The van der Waals surface area contributed by atoms with Gasteiger partial charge < -0.3 is 25.0 Å². The van der Waals surface area contributed by atoms with E-state index in [1.807, 2.05) is 6.92 Å². The first-order valence-electron chi connectivity index (χ1n) is 12.2. The quantitative estimate of drug-likeness (QED) is 0.406. The number of aldehydes is 1. The number of nitriles is 1. The Hall–Kier alpha value is -4.56. The highest BCUT2D eigenvalue weighted by atomic mass is 16.6. The van der Waals surface area contributed by atoms with Gasteiger partial charge in [-0.2, -0.15) is 5.26 Å². The van der Waals surface area contributed by atoms with E-state index in [0.717, 1.165) is 12.8 Å². The number of nitrogens with zero attached hydrogens (tertiary/aromatic N) is 4. The molecule has 3 heterocycles. The van der Waals surface area contributed by atoms with E-state index >= 15 is 0 Å². The molecule has 0 saturated carbocycles. The van der Waals surface area contributed by atoms with Gasteiger partial charge >= 0.3 is 6.09 Å². The van der Waals surface area contributed by atoms with Gasteiger partial charge in [0.1, 0.15) is 17.6 Å². The van der Waals surface area contributed by atoms with Crippen molar-refractivity contribution in [3.63, 3.8) is 0 Å². The van der Waals surface area contributed by atoms with E-state index in [2.05, 4.69) is 26.7 Å². The molecule has 2 N–H and O–H groups in total. The number of carbonyl (C=O) groups excluding carboxylic acids is 3. The Morgan fingerprint density at radius 2 is 2.18 bits per heavy atom. The molecule has 1 fully saturated rings. The Labute approximate surface area is 219 Å². The van der Waals surface area contributed by atoms with E-state index in [1.54, 1.807) is 42.3 Å². The molecular formula is C27H28N6O5. The normalized spacial score (nSPS) is 14.2. The molecule has 3 aromatic rings. The van der Waals surface area contributed by atoms with Crippen molar-refractivity contribution in [3.05, 3.63) is 58.9 Å². The molecule has 1 unspecified atom stereocenters. The fourth-order valence-corrected chi connectivity index (χ4v) is 4.24. The van der Waals surface area contributed by atoms with Crippen molar-refractivity contribution < 1.29 is 23.9 Å². The van der Waals surface area contributed by atoms with Crippen molar-refractivity contribution in [3.8, 4) is 6.07 Å². The second kappa shape index (κ2) is 12.1. The summed E-state index contributed by atoms with van der Waals surface area (Å²) >= 11 is 0. The van der Waals surface area contributed by atoms with E-state index in [-0.39, 0.29) is 29.7 Å². The predicted octanol–water partition coefficient (Wildman–Crippen LogP) is 3.75. The number of aromatic nitrogens is 2. The molecule has 0 bridgehead atoms. The highest BCUT2D eigenvalue weighted by Gasteiger charge is 2.21. The average molecular weight is 517 g/mol. The Balaban J connectivity index is 1.61. The summed E-state index contributed by atoms with van der Waals surface area (Å²) in [6, 6.07) is 10.5. The number of fused-ring (bicyclic) bond motifs is 1. The van der Waals surface area contributed by atoms with Crippen LogP contribution in [0.2, 0.25) is 0 Å². The van der Waals surface area contributed by atoms with Gasteiger partial charge in [0.15, 0.2) is 6.29 Å². The Bertz CT molecular complexity index is 1400. The lowest BCUT2D eigenvalue weighted by Crippen LogP contribution is -2.30. The van der Waals surface area contributed by atoms with Gasteiger partial charge in [0.05, 0.1) is 42.1 Å². The fraction of sp³-hybridized carbons (Fsp3) is 0.333. The molecule has 4 rings (SSSR count). The number of cyclic esters (lactones) is 1. The molecule has 1 saturated heterocycles. The third-order valence-electron chi connectivity index (χ3n) is 6.07. The molecule has 1 aliphatic rings. The number of hydrogen-bond acceptors (Lipinski definition) is 9. The molecule has 0 aliphatic carbocycles. The number of ether oxygens (including phenoxy) is 2. The van der Waals surface area contributed by atoms with Gasteiger partial charge in [-0.25, -0.2) is 14.8 Å². The first-order chi connectivity index (χ1) is 18.4. The molecule has 2 aromatic heterocycles. The van der Waals surface area contributed by atoms with E-state index < -0.39 is 12.0 Å². The Morgan fingerprint density at radius 3 is 2.95 bits per heavy atom. The number of anilines is 2. The van der Waals surface area contributed by atoms with Crippen LogP contribution >= 0.6 is 0 Å². The van der Waals surface area contributed by atoms with Gasteiger partial charge in [-0.1, -0.05) is 12.1 Å². The third-order valence-corrected chi connectivity index (χ3v) is 6.07. The van der Waals surface area contributed by atoms with Gasteiger partial charge in [-0.15, -0.1) is 0 Å². The number of methoxy groups -OCH3 is 1. The summed E-state index contributed by atoms with van der Waals surface area (Å²) in [7, 11) is 1.58. The molecule has 11 heteroatoms. The van der Waals surface area contributed by atoms with Crippen LogP contribution in [0.4, 0.5) is 16.3 Å². The van der Waals surface area contributed by atoms with Crippen LogP contribution < -0.4 is 10.6 Å². The topological polar surface area (TPSA) is 147 Å². The number of para-hydroxylation sites is 1. The highest BCUT2D eigenvalue weighted by molar-refractivity contribution is 6.12. The summed E-state index contributed by atoms with van der Waals surface area (Å²) in [5.74, 6) is -0.234. The van der Waals surface area contributed by atoms with Crippen molar-refractivity contribution in [2.45, 2.75) is 32.4 Å². The maximum absolute atomic E-state index is 13.2. The summed E-state index contributed by atoms with van der Waals surface area (Å²) in [6.07, 6.45) is 3.17. The van der Waals surface area contributed by atoms with Crippen molar-refractivity contribution in [1.82, 2.24) is 14.9 Å². The lowest BCUT2D eigenvalue weighted by molar-refractivity contribution is 0.102. The van der Waals surface area contributed by atoms with Crippen molar-refractivity contribution in [2.75, 3.05) is 37.5 Å². The standard InChI is InChI=1S/C27H28N6O5/c1-17(16-37-2)30-22-11-24(29-13-20(22)12-28)32-26(35)21-7-5-6-18-10-19(23(15-34)31-25(18)21)14-33-8-3-4-9-38-27(33)36/h5-7,10-11,13,15,17H,3-4,8-9,14,16H2,1-2H3,(H2,29,30,32,35). The molecule has 2 amide bonds. The lowest BCUT2D eigenvalue weighted by Gasteiger charge is -2.20. The first-order valence-corrected chi connectivity index (χ1v) is 12.2. The molecule has 11 nitrogen and oxygen atoms in total. The second-order valence-electron chi connectivity index (χ2n) is 8.95. The van der Waals surface area contributed by atoms with Crippen LogP contribution in [0.15, 0.2) is 36.5 Å². The zero-order valence-corrected chi connectivity index (χ0v) is 21.2. The smallest absolute Gasteiger partial charge is 0.410 e. The van der Waals surface area contributed by atoms with Crippen molar-refractivity contribution in [2.24, 2.45) is 0 Å². The summed E-state index contributed by atoms with van der Waals surface area (Å²) in [4.78, 5) is 47.6. The van der Waals surface area contributed by atoms with Crippen LogP contribution in [-0.2, 0) is 16.0 Å². The van der Waals surface area contributed by atoms with E-state index in [0.29, 0.717) is 53.8 Å². The summed E-state index contributed by atoms with van der Waals surface area (Å²) in [6.45, 7) is 3.41. The van der Waals surface area contributed by atoms with Gasteiger partial charge in [-0.3, -0.25) is 9.59 Å². The summed E-state index contributed by atoms with van der Waals surface area (Å²) in [5.41, 5.74) is 2.14. The van der Waals surface area contributed by atoms with Gasteiger partial charge in [0, 0.05) is 42.9 Å². The zero-order chi connectivity index (χ0) is 27.1. The molecule has 0 spiro atoms. The van der Waals surface area contributed by atoms with Crippen LogP contribution in [0.3, 0.4) is 0 Å². The van der Waals surface area contributed by atoms with Crippen molar-refractivity contribution in [1.29, 1.82) is 5.26 Å². The van der Waals surface area contributed by atoms with Gasteiger partial charge in [0.2, 0.25) is 0 Å². The second-order valence-corrected chi connectivity index (χ2v) is 8.95. The molecule has 0 radical (unpaired) electrons. The van der Waals surface area contributed by atoms with Crippen LogP contribution in [-0.4, -0.2) is 66.1 Å². The SMILES string of the molecule is COCC(C)Nc1cc(NC(=O)c2cccc3cc(CN4CCCCOC4=O)c(C=O)nc23)ncc1C#N. The van der Waals surface area contributed by atoms with Crippen molar-refractivity contribution >= 4 is 40.7 Å². The predicted molar refractivity (Wildman–Crippen MR) is 140 cm³/mol. The highest BCUT2D eigenvalue weighted by Crippen LogP contribution is 2.24. The van der Waals surface area contributed by atoms with Crippen LogP contribution in [0.25, 0.3) is 10.9 Å². The maximum atomic E-state index is 13.2. The Kier molecular flexibility index (Phi) is 8.45. The zero-order valence-electron chi connectivity index (χ0n) is 21.2. The molecular weight excluding hydrogens is 488 g/mol. The number of pyridine rings is 2. The maximum Gasteiger partial charge on any atom is 0.410 e.